The Balaban J connectivity index is 0.0000126. The van der Waals surface area contributed by atoms with Crippen molar-refractivity contribution >= 4 is 73.5 Å². The molecule has 2 aliphatic rings. The Morgan fingerprint density at radius 3 is 1.40 bits per heavy atom. The van der Waals surface area contributed by atoms with Gasteiger partial charge in [0, 0.05) is 25.9 Å². The zero-order chi connectivity index (χ0) is 63.1. The summed E-state index contributed by atoms with van der Waals surface area (Å²) in [5.41, 5.74) is 6.66. The molecule has 2 aromatic rings. The summed E-state index contributed by atoms with van der Waals surface area (Å²) in [5, 5.41) is 26.1. The van der Waals surface area contributed by atoms with Gasteiger partial charge in [0.1, 0.15) is 68.6 Å². The van der Waals surface area contributed by atoms with E-state index in [1.54, 1.807) is 34.6 Å². The van der Waals surface area contributed by atoms with Gasteiger partial charge in [-0.05, 0) is 104 Å². The molecule has 29 heteroatoms. The van der Waals surface area contributed by atoms with E-state index < -0.39 is 144 Å². The zero-order valence-corrected chi connectivity index (χ0v) is 57.2. The zero-order valence-electron chi connectivity index (χ0n) is 51.5. The molecule has 2 saturated heterocycles. The molecular weight excluding hydrogens is 1180 g/mol. The predicted octanol–water partition coefficient (Wildman–Crippen LogP) is -4.57. The first-order valence-electron chi connectivity index (χ1n) is 28.7. The molecule has 86 heavy (non-hydrogen) atoms. The van der Waals surface area contributed by atoms with Crippen molar-refractivity contribution in [3.05, 3.63) is 59.7 Å². The summed E-state index contributed by atoms with van der Waals surface area (Å²) >= 11 is 0. The van der Waals surface area contributed by atoms with Crippen molar-refractivity contribution in [3.8, 4) is 0 Å². The van der Waals surface area contributed by atoms with E-state index in [0.717, 1.165) is 24.3 Å². The molecule has 0 aliphatic carbocycles. The van der Waals surface area contributed by atoms with E-state index in [-0.39, 0.29) is 146 Å². The first kappa shape index (κ1) is 77.5. The SMILES string of the molecule is CC[C@H](C)[C@H](N)C(=O)N[C@H](C(=O)N[C@@H](CC(C)C)C(=O)N[C@H](C(=O)N1CCC[C@H]1C(=O)N1CCC[C@H]1C(=O)N[C@@H](Cc1ccc(S(=O)(=O)[O-])cc1)C(=O)N[C@@H](Cc1ccc(S(=O)(=O)[O-])cc1)C(=O)N[C@@H](CC(C)C)C(=O)O)C(C)C)[C@@H](C)CC.[Na+].[Na+]. The molecule has 0 radical (unpaired) electrons. The summed E-state index contributed by atoms with van der Waals surface area (Å²) in [6.07, 6.45) is 1.55. The largest absolute Gasteiger partial charge is 1.00 e. The number of likely N-dealkylation sites (tertiary alicyclic amines) is 2. The second kappa shape index (κ2) is 35.0. The smallest absolute Gasteiger partial charge is 0.744 e. The van der Waals surface area contributed by atoms with Gasteiger partial charge < -0.3 is 61.6 Å². The van der Waals surface area contributed by atoms with E-state index >= 15 is 0 Å². The molecular formula is C57H85N9Na2O16S2. The van der Waals surface area contributed by atoms with Crippen LogP contribution in [0, 0.1) is 29.6 Å². The normalized spacial score (nSPS) is 18.4. The van der Waals surface area contributed by atoms with Crippen LogP contribution in [-0.2, 0) is 76.2 Å². The van der Waals surface area contributed by atoms with Gasteiger partial charge in [0.15, 0.2) is 0 Å². The summed E-state index contributed by atoms with van der Waals surface area (Å²) in [4.78, 5) is 128. The summed E-state index contributed by atoms with van der Waals surface area (Å²) in [5.74, 6) is -8.46. The number of carbonyl (C=O) groups is 9. The molecule has 25 nitrogen and oxygen atoms in total. The van der Waals surface area contributed by atoms with Gasteiger partial charge in [0.05, 0.1) is 15.8 Å². The fraction of sp³-hybridized carbons (Fsp3) is 0.632. The van der Waals surface area contributed by atoms with Crippen LogP contribution in [0.25, 0.3) is 0 Å². The molecule has 0 bridgehead atoms. The van der Waals surface area contributed by atoms with Crippen LogP contribution in [0.5, 0.6) is 0 Å². The monoisotopic (exact) mass is 1260 g/mol. The minimum Gasteiger partial charge on any atom is -0.744 e. The maximum Gasteiger partial charge on any atom is 1.00 e. The number of nitrogens with one attached hydrogen (secondary N) is 6. The van der Waals surface area contributed by atoms with Crippen LogP contribution < -0.4 is 96.7 Å². The number of aliphatic carboxylic acids is 1. The Morgan fingerprint density at radius 2 is 0.953 bits per heavy atom. The number of carboxylic acid groups (broad SMARTS) is 1. The number of carbonyl (C=O) groups excluding carboxylic acids is 8. The van der Waals surface area contributed by atoms with E-state index in [4.69, 9.17) is 5.73 Å². The van der Waals surface area contributed by atoms with Crippen molar-refractivity contribution in [1.82, 2.24) is 41.7 Å². The molecule has 2 aliphatic heterocycles. The quantitative estimate of drug-likeness (QED) is 0.0270. The van der Waals surface area contributed by atoms with Crippen LogP contribution in [0.15, 0.2) is 58.3 Å². The average molecular weight is 1260 g/mol. The van der Waals surface area contributed by atoms with E-state index in [2.05, 4.69) is 31.9 Å². The third kappa shape index (κ3) is 22.5. The molecule has 0 spiro atoms. The minimum absolute atomic E-state index is 0. The molecule has 9 N–H and O–H groups in total. The van der Waals surface area contributed by atoms with Gasteiger partial charge in [0.2, 0.25) is 47.3 Å². The number of amides is 8. The van der Waals surface area contributed by atoms with Crippen LogP contribution in [0.1, 0.15) is 132 Å². The van der Waals surface area contributed by atoms with Crippen molar-refractivity contribution in [3.63, 3.8) is 0 Å². The van der Waals surface area contributed by atoms with Crippen molar-refractivity contribution in [2.45, 2.75) is 198 Å². The summed E-state index contributed by atoms with van der Waals surface area (Å²) in [6.45, 7) is 18.2. The maximum absolute atomic E-state index is 14.7. The van der Waals surface area contributed by atoms with E-state index in [1.165, 1.54) is 34.1 Å². The molecule has 2 fully saturated rings. The number of hydrogen-bond donors (Lipinski definition) is 8. The molecule has 8 amide bonds. The number of nitrogens with two attached hydrogens (primary N) is 1. The number of hydrogen-bond acceptors (Lipinski definition) is 16. The first-order valence-corrected chi connectivity index (χ1v) is 31.5. The van der Waals surface area contributed by atoms with E-state index in [1.807, 2.05) is 34.6 Å². The van der Waals surface area contributed by atoms with Gasteiger partial charge in [-0.2, -0.15) is 0 Å². The second-order valence-electron chi connectivity index (χ2n) is 23.3. The summed E-state index contributed by atoms with van der Waals surface area (Å²) in [6, 6.07) is -2.22. The van der Waals surface area contributed by atoms with Gasteiger partial charge in [0.25, 0.3) is 0 Å². The Labute approximate surface area is 549 Å². The number of rotatable bonds is 30. The van der Waals surface area contributed by atoms with Crippen LogP contribution in [0.3, 0.4) is 0 Å². The summed E-state index contributed by atoms with van der Waals surface area (Å²) in [7, 11) is -9.77. The Kier molecular flexibility index (Phi) is 31.6. The Morgan fingerprint density at radius 1 is 0.547 bits per heavy atom. The third-order valence-corrected chi connectivity index (χ3v) is 17.2. The Hall–Kier alpha value is -4.55. The van der Waals surface area contributed by atoms with Gasteiger partial charge in [-0.3, -0.25) is 38.4 Å². The molecule has 0 saturated carbocycles. The van der Waals surface area contributed by atoms with Crippen LogP contribution in [0.4, 0.5) is 0 Å². The third-order valence-electron chi connectivity index (χ3n) is 15.5. The fourth-order valence-electron chi connectivity index (χ4n) is 10.1. The molecule has 468 valence electrons. The molecule has 2 aromatic carbocycles. The number of nitrogens with zero attached hydrogens (tertiary/aromatic N) is 2. The van der Waals surface area contributed by atoms with E-state index in [0.29, 0.717) is 25.7 Å². The van der Waals surface area contributed by atoms with Crippen LogP contribution in [0.2, 0.25) is 0 Å². The molecule has 4 rings (SSSR count). The predicted molar refractivity (Wildman–Crippen MR) is 306 cm³/mol. The van der Waals surface area contributed by atoms with Crippen LogP contribution in [-0.4, -0.2) is 162 Å². The minimum atomic E-state index is -4.90. The van der Waals surface area contributed by atoms with Gasteiger partial charge in [-0.25, -0.2) is 21.6 Å². The average Bonchev–Trinajstić information content (AvgIpc) is 2.19. The van der Waals surface area contributed by atoms with Crippen molar-refractivity contribution < 1.29 is 133 Å². The summed E-state index contributed by atoms with van der Waals surface area (Å²) < 4.78 is 70.4. The van der Waals surface area contributed by atoms with Crippen molar-refractivity contribution in [2.24, 2.45) is 35.3 Å². The van der Waals surface area contributed by atoms with Crippen molar-refractivity contribution in [2.75, 3.05) is 13.1 Å². The topological polar surface area (TPSA) is 393 Å². The molecule has 11 atom stereocenters. The second-order valence-corrected chi connectivity index (χ2v) is 26.1. The number of benzene rings is 2. The number of carboxylic acids is 1. The van der Waals surface area contributed by atoms with Gasteiger partial charge in [-0.1, -0.05) is 106 Å². The van der Waals surface area contributed by atoms with Gasteiger partial charge >= 0.3 is 65.1 Å². The van der Waals surface area contributed by atoms with E-state index in [9.17, 15) is 74.2 Å². The standard InChI is InChI=1S/C57H87N9O16S2.2Na/c1-11-34(9)46(58)53(71)64-48(35(10)12-2)54(72)61-40(27-31(3)4)51(69)63-47(33(7)8)56(74)66-26-14-16-45(66)55(73)65-25-13-15-44(65)52(70)60-42(30-37-19-23-39(24-20-37)84(80,81)82)49(67)59-41(50(68)62-43(57(75)76)28-32(5)6)29-36-17-21-38(22-18-36)83(77,78)79;;/h17-24,31-35,40-48H,11-16,25-30,58H2,1-10H3,(H,59,67)(H,60,70)(H,61,72)(H,62,68)(H,63,69)(H,64,71)(H,75,76)(H,77,78,79)(H,80,81,82);;/q;2*+1/p-2/t34-,35-,40-,41-,42-,43-,44-,45-,46-,47-,48-;;/m0../s1. The molecule has 0 aromatic heterocycles. The fourth-order valence-corrected chi connectivity index (χ4v) is 11.1. The maximum atomic E-state index is 14.7. The first-order chi connectivity index (χ1) is 39.2. The molecule has 0 unspecified atom stereocenters. The Bertz CT molecular complexity index is 2900. The van der Waals surface area contributed by atoms with Gasteiger partial charge in [-0.15, -0.1) is 0 Å². The van der Waals surface area contributed by atoms with Crippen molar-refractivity contribution in [1.29, 1.82) is 0 Å². The van der Waals surface area contributed by atoms with Crippen LogP contribution >= 0.6 is 0 Å². The molecule has 2 heterocycles.